The van der Waals surface area contributed by atoms with Gasteiger partial charge in [-0.1, -0.05) is 18.2 Å². The van der Waals surface area contributed by atoms with Crippen molar-refractivity contribution in [2.45, 2.75) is 37.2 Å². The SMILES string of the molecule is Cc1ccc(F)cc1S(=O)(=O)N[C@@H]1CCCN(Cc2cccc(OCCO)c2)C1. The van der Waals surface area contributed by atoms with Crippen molar-refractivity contribution in [2.75, 3.05) is 26.3 Å². The Morgan fingerprint density at radius 2 is 2.10 bits per heavy atom. The van der Waals surface area contributed by atoms with Gasteiger partial charge < -0.3 is 9.84 Å². The summed E-state index contributed by atoms with van der Waals surface area (Å²) in [6.07, 6.45) is 1.61. The fourth-order valence-electron chi connectivity index (χ4n) is 3.60. The quantitative estimate of drug-likeness (QED) is 0.683. The van der Waals surface area contributed by atoms with Crippen LogP contribution in [0.15, 0.2) is 47.4 Å². The molecule has 1 aliphatic heterocycles. The van der Waals surface area contributed by atoms with E-state index in [9.17, 15) is 12.8 Å². The van der Waals surface area contributed by atoms with E-state index in [1.54, 1.807) is 6.92 Å². The van der Waals surface area contributed by atoms with Gasteiger partial charge in [0.15, 0.2) is 0 Å². The highest BCUT2D eigenvalue weighted by molar-refractivity contribution is 7.89. The summed E-state index contributed by atoms with van der Waals surface area (Å²) in [6, 6.07) is 11.2. The molecule has 2 N–H and O–H groups in total. The molecule has 1 atom stereocenters. The van der Waals surface area contributed by atoms with Crippen LogP contribution >= 0.6 is 0 Å². The predicted octanol–water partition coefficient (Wildman–Crippen LogP) is 2.45. The van der Waals surface area contributed by atoms with Crippen LogP contribution in [-0.4, -0.2) is 50.8 Å². The Balaban J connectivity index is 1.64. The molecule has 1 heterocycles. The number of benzene rings is 2. The second-order valence-corrected chi connectivity index (χ2v) is 9.01. The van der Waals surface area contributed by atoms with Crippen LogP contribution < -0.4 is 9.46 Å². The van der Waals surface area contributed by atoms with Gasteiger partial charge in [0, 0.05) is 19.1 Å². The van der Waals surface area contributed by atoms with Gasteiger partial charge in [-0.25, -0.2) is 17.5 Å². The summed E-state index contributed by atoms with van der Waals surface area (Å²) in [6.45, 7) is 3.99. The lowest BCUT2D eigenvalue weighted by atomic mass is 10.1. The zero-order chi connectivity index (χ0) is 20.9. The number of rotatable bonds is 8. The number of halogens is 1. The van der Waals surface area contributed by atoms with E-state index in [0.29, 0.717) is 24.4 Å². The zero-order valence-electron chi connectivity index (χ0n) is 16.5. The average Bonchev–Trinajstić information content (AvgIpc) is 2.68. The second kappa shape index (κ2) is 9.67. The molecule has 29 heavy (non-hydrogen) atoms. The van der Waals surface area contributed by atoms with Crippen LogP contribution in [-0.2, 0) is 16.6 Å². The van der Waals surface area contributed by atoms with E-state index in [0.717, 1.165) is 31.0 Å². The Labute approximate surface area is 171 Å². The highest BCUT2D eigenvalue weighted by Gasteiger charge is 2.26. The molecule has 0 aliphatic carbocycles. The van der Waals surface area contributed by atoms with E-state index in [4.69, 9.17) is 9.84 Å². The Morgan fingerprint density at radius 1 is 1.28 bits per heavy atom. The van der Waals surface area contributed by atoms with Crippen molar-refractivity contribution >= 4 is 10.0 Å². The van der Waals surface area contributed by atoms with Crippen LogP contribution in [0, 0.1) is 12.7 Å². The van der Waals surface area contributed by atoms with Gasteiger partial charge in [0.2, 0.25) is 10.0 Å². The minimum atomic E-state index is -3.79. The summed E-state index contributed by atoms with van der Waals surface area (Å²) >= 11 is 0. The Hall–Kier alpha value is -2.00. The van der Waals surface area contributed by atoms with Crippen molar-refractivity contribution in [3.63, 3.8) is 0 Å². The smallest absolute Gasteiger partial charge is 0.241 e. The number of hydrogen-bond donors (Lipinski definition) is 2. The second-order valence-electron chi connectivity index (χ2n) is 7.32. The largest absolute Gasteiger partial charge is 0.491 e. The molecule has 158 valence electrons. The molecule has 0 saturated carbocycles. The van der Waals surface area contributed by atoms with Crippen LogP contribution in [0.2, 0.25) is 0 Å². The normalized spacial score (nSPS) is 18.0. The van der Waals surface area contributed by atoms with E-state index in [2.05, 4.69) is 9.62 Å². The summed E-state index contributed by atoms with van der Waals surface area (Å²) in [7, 11) is -3.79. The van der Waals surface area contributed by atoms with Gasteiger partial charge in [0.05, 0.1) is 11.5 Å². The summed E-state index contributed by atoms with van der Waals surface area (Å²) in [5, 5.41) is 8.88. The van der Waals surface area contributed by atoms with Crippen LogP contribution in [0.5, 0.6) is 5.75 Å². The first-order chi connectivity index (χ1) is 13.9. The van der Waals surface area contributed by atoms with Gasteiger partial charge in [0.1, 0.15) is 18.2 Å². The minimum Gasteiger partial charge on any atom is -0.491 e. The molecular weight excluding hydrogens is 395 g/mol. The molecule has 0 spiro atoms. The first kappa shape index (κ1) is 21.7. The first-order valence-electron chi connectivity index (χ1n) is 9.71. The summed E-state index contributed by atoms with van der Waals surface area (Å²) in [4.78, 5) is 2.18. The van der Waals surface area contributed by atoms with E-state index in [-0.39, 0.29) is 24.2 Å². The highest BCUT2D eigenvalue weighted by atomic mass is 32.2. The fourth-order valence-corrected chi connectivity index (χ4v) is 5.11. The molecule has 0 amide bonds. The van der Waals surface area contributed by atoms with E-state index in [1.165, 1.54) is 12.1 Å². The van der Waals surface area contributed by atoms with Crippen molar-refractivity contribution < 1.29 is 22.7 Å². The average molecular weight is 423 g/mol. The standard InChI is InChI=1S/C21H27FN2O4S/c1-16-7-8-18(22)13-21(16)29(26,27)23-19-5-3-9-24(15-19)14-17-4-2-6-20(12-17)28-11-10-25/h2,4,6-8,12-13,19,23,25H,3,5,9-11,14-15H2,1H3/t19-/m1/s1. The third-order valence-corrected chi connectivity index (χ3v) is 6.59. The lowest BCUT2D eigenvalue weighted by Gasteiger charge is -2.33. The number of aliphatic hydroxyl groups is 1. The van der Waals surface area contributed by atoms with Gasteiger partial charge in [-0.3, -0.25) is 4.90 Å². The number of piperidine rings is 1. The molecule has 3 rings (SSSR count). The third-order valence-electron chi connectivity index (χ3n) is 4.93. The topological polar surface area (TPSA) is 78.9 Å². The fraction of sp³-hybridized carbons (Fsp3) is 0.429. The van der Waals surface area contributed by atoms with Crippen molar-refractivity contribution in [3.8, 4) is 5.75 Å². The van der Waals surface area contributed by atoms with Gasteiger partial charge in [0.25, 0.3) is 0 Å². The number of aliphatic hydroxyl groups excluding tert-OH is 1. The van der Waals surface area contributed by atoms with Gasteiger partial charge in [-0.15, -0.1) is 0 Å². The maximum absolute atomic E-state index is 13.5. The van der Waals surface area contributed by atoms with Crippen LogP contribution in [0.25, 0.3) is 0 Å². The molecule has 2 aromatic carbocycles. The molecule has 1 saturated heterocycles. The van der Waals surface area contributed by atoms with Gasteiger partial charge in [-0.2, -0.15) is 0 Å². The van der Waals surface area contributed by atoms with Crippen molar-refractivity contribution in [3.05, 3.63) is 59.4 Å². The molecule has 0 unspecified atom stereocenters. The van der Waals surface area contributed by atoms with E-state index in [1.807, 2.05) is 24.3 Å². The van der Waals surface area contributed by atoms with Crippen LogP contribution in [0.1, 0.15) is 24.0 Å². The number of likely N-dealkylation sites (tertiary alicyclic amines) is 1. The molecule has 0 radical (unpaired) electrons. The van der Waals surface area contributed by atoms with Crippen molar-refractivity contribution in [1.29, 1.82) is 0 Å². The highest BCUT2D eigenvalue weighted by Crippen LogP contribution is 2.21. The molecule has 8 heteroatoms. The lowest BCUT2D eigenvalue weighted by Crippen LogP contribution is -2.47. The third kappa shape index (κ3) is 5.99. The minimum absolute atomic E-state index is 0.0108. The molecular formula is C21H27FN2O4S. The van der Waals surface area contributed by atoms with Crippen LogP contribution in [0.4, 0.5) is 4.39 Å². The molecule has 1 aliphatic rings. The number of ether oxygens (including phenoxy) is 1. The van der Waals surface area contributed by atoms with E-state index >= 15 is 0 Å². The number of nitrogens with zero attached hydrogens (tertiary/aromatic N) is 1. The maximum atomic E-state index is 13.5. The Morgan fingerprint density at radius 3 is 2.90 bits per heavy atom. The number of hydrogen-bond acceptors (Lipinski definition) is 5. The van der Waals surface area contributed by atoms with E-state index < -0.39 is 15.8 Å². The lowest BCUT2D eigenvalue weighted by molar-refractivity contribution is 0.192. The zero-order valence-corrected chi connectivity index (χ0v) is 17.3. The van der Waals surface area contributed by atoms with Crippen LogP contribution in [0.3, 0.4) is 0 Å². The van der Waals surface area contributed by atoms with Gasteiger partial charge in [-0.05, 0) is 61.7 Å². The van der Waals surface area contributed by atoms with Gasteiger partial charge >= 0.3 is 0 Å². The first-order valence-corrected chi connectivity index (χ1v) is 11.2. The maximum Gasteiger partial charge on any atom is 0.241 e. The monoisotopic (exact) mass is 422 g/mol. The molecule has 1 fully saturated rings. The summed E-state index contributed by atoms with van der Waals surface area (Å²) < 4.78 is 47.2. The summed E-state index contributed by atoms with van der Waals surface area (Å²) in [5.41, 5.74) is 1.58. The molecule has 6 nitrogen and oxygen atoms in total. The molecule has 2 aromatic rings. The number of sulfonamides is 1. The Bertz CT molecular complexity index is 936. The summed E-state index contributed by atoms with van der Waals surface area (Å²) in [5.74, 6) is 0.136. The Kier molecular flexibility index (Phi) is 7.23. The van der Waals surface area contributed by atoms with Crippen molar-refractivity contribution in [2.24, 2.45) is 0 Å². The molecule has 0 bridgehead atoms. The number of nitrogens with one attached hydrogen (secondary N) is 1. The predicted molar refractivity (Wildman–Crippen MR) is 109 cm³/mol. The molecule has 0 aromatic heterocycles. The number of aryl methyl sites for hydroxylation is 1. The van der Waals surface area contributed by atoms with Crippen molar-refractivity contribution in [1.82, 2.24) is 9.62 Å².